The molecule has 5 nitrogen and oxygen atoms in total. The smallest absolute Gasteiger partial charge is 0.310 e. The van der Waals surface area contributed by atoms with E-state index < -0.39 is 0 Å². The molecule has 1 fully saturated rings. The van der Waals surface area contributed by atoms with Crippen LogP contribution in [0.15, 0.2) is 0 Å². The van der Waals surface area contributed by atoms with Crippen molar-refractivity contribution in [2.24, 2.45) is 11.7 Å². The van der Waals surface area contributed by atoms with Crippen LogP contribution in [0.25, 0.3) is 0 Å². The zero-order valence-corrected chi connectivity index (χ0v) is 9.23. The zero-order valence-electron chi connectivity index (χ0n) is 9.23. The van der Waals surface area contributed by atoms with Crippen LogP contribution in [0.1, 0.15) is 19.8 Å². The molecule has 1 rings (SSSR count). The Balaban J connectivity index is 2.54. The van der Waals surface area contributed by atoms with Crippen LogP contribution in [-0.2, 0) is 14.3 Å². The number of rotatable bonds is 4. The molecule has 1 amide bonds. The number of methoxy groups -OCH3 is 1. The molecule has 2 atom stereocenters. The average Bonchev–Trinajstić information content (AvgIpc) is 2.66. The minimum absolute atomic E-state index is 0.108. The standard InChI is InChI=1S/C10H18N2O3/c1-3-8(9(11)13)12-5-4-7(6-12)10(14)15-2/h7-8H,3-6H2,1-2H3,(H2,11,13). The number of carbonyl (C=O) groups excluding carboxylic acids is 2. The van der Waals surface area contributed by atoms with E-state index in [4.69, 9.17) is 5.73 Å². The van der Waals surface area contributed by atoms with Crippen molar-refractivity contribution in [1.82, 2.24) is 4.90 Å². The Morgan fingerprint density at radius 1 is 1.60 bits per heavy atom. The van der Waals surface area contributed by atoms with E-state index in [1.807, 2.05) is 11.8 Å². The van der Waals surface area contributed by atoms with E-state index >= 15 is 0 Å². The maximum Gasteiger partial charge on any atom is 0.310 e. The molecule has 1 saturated heterocycles. The van der Waals surface area contributed by atoms with Gasteiger partial charge < -0.3 is 10.5 Å². The maximum absolute atomic E-state index is 11.3. The summed E-state index contributed by atoms with van der Waals surface area (Å²) in [7, 11) is 1.39. The van der Waals surface area contributed by atoms with Gasteiger partial charge in [-0.25, -0.2) is 0 Å². The van der Waals surface area contributed by atoms with Crippen molar-refractivity contribution in [3.8, 4) is 0 Å². The van der Waals surface area contributed by atoms with Gasteiger partial charge in [-0.2, -0.15) is 0 Å². The first kappa shape index (κ1) is 12.0. The van der Waals surface area contributed by atoms with Gasteiger partial charge in [-0.15, -0.1) is 0 Å². The average molecular weight is 214 g/mol. The molecule has 0 aromatic carbocycles. The largest absolute Gasteiger partial charge is 0.469 e. The van der Waals surface area contributed by atoms with Gasteiger partial charge in [-0.3, -0.25) is 14.5 Å². The fourth-order valence-electron chi connectivity index (χ4n) is 2.07. The summed E-state index contributed by atoms with van der Waals surface area (Å²) in [5.74, 6) is -0.622. The highest BCUT2D eigenvalue weighted by molar-refractivity contribution is 5.80. The first-order chi connectivity index (χ1) is 7.10. The summed E-state index contributed by atoms with van der Waals surface area (Å²) in [6.45, 7) is 3.23. The van der Waals surface area contributed by atoms with Gasteiger partial charge >= 0.3 is 5.97 Å². The minimum Gasteiger partial charge on any atom is -0.469 e. The monoisotopic (exact) mass is 214 g/mol. The van der Waals surface area contributed by atoms with Crippen LogP contribution >= 0.6 is 0 Å². The van der Waals surface area contributed by atoms with E-state index in [9.17, 15) is 9.59 Å². The third kappa shape index (κ3) is 2.68. The molecule has 86 valence electrons. The third-order valence-corrected chi connectivity index (χ3v) is 2.91. The number of hydrogen-bond acceptors (Lipinski definition) is 4. The van der Waals surface area contributed by atoms with Crippen molar-refractivity contribution in [2.75, 3.05) is 20.2 Å². The summed E-state index contributed by atoms with van der Waals surface area (Å²) in [6.07, 6.45) is 1.43. The van der Waals surface area contributed by atoms with E-state index in [1.165, 1.54) is 7.11 Å². The Morgan fingerprint density at radius 3 is 2.73 bits per heavy atom. The molecule has 0 spiro atoms. The van der Waals surface area contributed by atoms with E-state index in [-0.39, 0.29) is 23.8 Å². The highest BCUT2D eigenvalue weighted by atomic mass is 16.5. The van der Waals surface area contributed by atoms with Crippen LogP contribution in [0.3, 0.4) is 0 Å². The summed E-state index contributed by atoms with van der Waals surface area (Å²) in [4.78, 5) is 24.4. The number of ether oxygens (including phenoxy) is 1. The molecule has 0 radical (unpaired) electrons. The normalized spacial score (nSPS) is 23.7. The Hall–Kier alpha value is -1.10. The quantitative estimate of drug-likeness (QED) is 0.655. The van der Waals surface area contributed by atoms with Gasteiger partial charge in [0, 0.05) is 6.54 Å². The molecule has 5 heteroatoms. The van der Waals surface area contributed by atoms with E-state index in [0.717, 1.165) is 13.0 Å². The zero-order chi connectivity index (χ0) is 11.4. The Morgan fingerprint density at radius 2 is 2.27 bits per heavy atom. The second kappa shape index (κ2) is 5.11. The summed E-state index contributed by atoms with van der Waals surface area (Å²) in [6, 6.07) is -0.250. The van der Waals surface area contributed by atoms with Gasteiger partial charge in [0.25, 0.3) is 0 Å². The molecule has 1 heterocycles. The van der Waals surface area contributed by atoms with E-state index in [0.29, 0.717) is 13.0 Å². The lowest BCUT2D eigenvalue weighted by molar-refractivity contribution is -0.145. The number of nitrogens with two attached hydrogens (primary N) is 1. The van der Waals surface area contributed by atoms with Gasteiger partial charge in [-0.1, -0.05) is 6.92 Å². The fraction of sp³-hybridized carbons (Fsp3) is 0.800. The number of likely N-dealkylation sites (tertiary alicyclic amines) is 1. The van der Waals surface area contributed by atoms with Crippen molar-refractivity contribution < 1.29 is 14.3 Å². The topological polar surface area (TPSA) is 72.6 Å². The number of esters is 1. The first-order valence-corrected chi connectivity index (χ1v) is 5.21. The van der Waals surface area contributed by atoms with Crippen LogP contribution in [-0.4, -0.2) is 43.0 Å². The Bertz CT molecular complexity index is 255. The van der Waals surface area contributed by atoms with Crippen LogP contribution < -0.4 is 5.73 Å². The van der Waals surface area contributed by atoms with E-state index in [1.54, 1.807) is 0 Å². The van der Waals surface area contributed by atoms with Gasteiger partial charge in [0.2, 0.25) is 5.91 Å². The van der Waals surface area contributed by atoms with Crippen LogP contribution in [0.5, 0.6) is 0 Å². The van der Waals surface area contributed by atoms with Crippen molar-refractivity contribution in [3.63, 3.8) is 0 Å². The Labute approximate surface area is 89.6 Å². The van der Waals surface area contributed by atoms with Gasteiger partial charge in [-0.05, 0) is 19.4 Å². The summed E-state index contributed by atoms with van der Waals surface area (Å²) in [5.41, 5.74) is 5.28. The lowest BCUT2D eigenvalue weighted by atomic mass is 10.1. The van der Waals surface area contributed by atoms with Crippen molar-refractivity contribution in [2.45, 2.75) is 25.8 Å². The van der Waals surface area contributed by atoms with Crippen molar-refractivity contribution in [1.29, 1.82) is 0 Å². The van der Waals surface area contributed by atoms with Crippen molar-refractivity contribution >= 4 is 11.9 Å². The first-order valence-electron chi connectivity index (χ1n) is 5.21. The van der Waals surface area contributed by atoms with Crippen LogP contribution in [0.2, 0.25) is 0 Å². The molecule has 2 unspecified atom stereocenters. The lowest BCUT2D eigenvalue weighted by Gasteiger charge is -2.23. The van der Waals surface area contributed by atoms with Gasteiger partial charge in [0.05, 0.1) is 19.1 Å². The Kier molecular flexibility index (Phi) is 4.08. The van der Waals surface area contributed by atoms with E-state index in [2.05, 4.69) is 4.74 Å². The molecule has 0 bridgehead atoms. The third-order valence-electron chi connectivity index (χ3n) is 2.91. The molecular formula is C10H18N2O3. The van der Waals surface area contributed by atoms with Crippen LogP contribution in [0, 0.1) is 5.92 Å². The second-order valence-corrected chi connectivity index (χ2v) is 3.83. The molecular weight excluding hydrogens is 196 g/mol. The predicted molar refractivity (Wildman–Crippen MR) is 55.0 cm³/mol. The van der Waals surface area contributed by atoms with Crippen molar-refractivity contribution in [3.05, 3.63) is 0 Å². The number of primary amides is 1. The molecule has 1 aliphatic heterocycles. The minimum atomic E-state index is -0.317. The highest BCUT2D eigenvalue weighted by Gasteiger charge is 2.34. The molecule has 15 heavy (non-hydrogen) atoms. The number of amides is 1. The number of carbonyl (C=O) groups is 2. The highest BCUT2D eigenvalue weighted by Crippen LogP contribution is 2.20. The predicted octanol–water partition coefficient (Wildman–Crippen LogP) is -0.255. The maximum atomic E-state index is 11.3. The lowest BCUT2D eigenvalue weighted by Crippen LogP contribution is -2.43. The molecule has 0 aromatic rings. The molecule has 0 aromatic heterocycles. The fourth-order valence-corrected chi connectivity index (χ4v) is 2.07. The van der Waals surface area contributed by atoms with Gasteiger partial charge in [0.15, 0.2) is 0 Å². The SMILES string of the molecule is CCC(C(N)=O)N1CCC(C(=O)OC)C1. The molecule has 2 N–H and O–H groups in total. The number of nitrogens with zero attached hydrogens (tertiary/aromatic N) is 1. The molecule has 0 aliphatic carbocycles. The van der Waals surface area contributed by atoms with Gasteiger partial charge in [0.1, 0.15) is 0 Å². The second-order valence-electron chi connectivity index (χ2n) is 3.83. The van der Waals surface area contributed by atoms with Crippen LogP contribution in [0.4, 0.5) is 0 Å². The summed E-state index contributed by atoms with van der Waals surface area (Å²) >= 11 is 0. The summed E-state index contributed by atoms with van der Waals surface area (Å²) < 4.78 is 4.67. The number of hydrogen-bond donors (Lipinski definition) is 1. The summed E-state index contributed by atoms with van der Waals surface area (Å²) in [5, 5.41) is 0. The molecule has 1 aliphatic rings. The molecule has 0 saturated carbocycles.